The second kappa shape index (κ2) is 13.7. The number of unbranched alkanes of at least 4 members (excludes halogenated alkanes) is 9. The first-order chi connectivity index (χ1) is 11.3. The molecule has 0 bridgehead atoms. The zero-order valence-electron chi connectivity index (χ0n) is 16.2. The Labute approximate surface area is 146 Å². The maximum Gasteiger partial charge on any atom is 0.101 e. The summed E-state index contributed by atoms with van der Waals surface area (Å²) in [7, 11) is 0. The van der Waals surface area contributed by atoms with Gasteiger partial charge >= 0.3 is 0 Å². The molecule has 0 aromatic rings. The van der Waals surface area contributed by atoms with Crippen molar-refractivity contribution in [2.45, 2.75) is 110 Å². The van der Waals surface area contributed by atoms with E-state index in [1.807, 2.05) is 0 Å². The Hall–Kier alpha value is -0.660. The molecule has 0 aromatic carbocycles. The number of rotatable bonds is 15. The van der Waals surface area contributed by atoms with Crippen molar-refractivity contribution in [1.29, 1.82) is 0 Å². The van der Waals surface area contributed by atoms with Gasteiger partial charge in [0.2, 0.25) is 0 Å². The molecule has 2 heteroatoms. The molecular weight excluding hydrogens is 280 g/mol. The van der Waals surface area contributed by atoms with E-state index in [4.69, 9.17) is 0 Å². The van der Waals surface area contributed by atoms with Crippen LogP contribution in [0.15, 0.2) is 12.4 Å². The van der Waals surface area contributed by atoms with Crippen molar-refractivity contribution in [2.24, 2.45) is 0 Å². The van der Waals surface area contributed by atoms with Gasteiger partial charge in [-0.3, -0.25) is 0 Å². The van der Waals surface area contributed by atoms with Gasteiger partial charge in [-0.1, -0.05) is 78.6 Å². The molecule has 0 saturated carbocycles. The van der Waals surface area contributed by atoms with Crippen LogP contribution in [0.25, 0.3) is 0 Å². The van der Waals surface area contributed by atoms with Crippen LogP contribution in [0.5, 0.6) is 0 Å². The lowest BCUT2D eigenvalue weighted by molar-refractivity contribution is 0.135. The first-order valence-electron chi connectivity index (χ1n) is 10.5. The molecule has 1 aliphatic rings. The molecule has 0 atom stereocenters. The van der Waals surface area contributed by atoms with Gasteiger partial charge in [-0.25, -0.2) is 0 Å². The molecule has 1 heterocycles. The van der Waals surface area contributed by atoms with Crippen LogP contribution in [0.1, 0.15) is 104 Å². The van der Waals surface area contributed by atoms with E-state index in [9.17, 15) is 0 Å². The zero-order chi connectivity index (χ0) is 16.8. The predicted octanol–water partition coefficient (Wildman–Crippen LogP) is 6.53. The molecule has 23 heavy (non-hydrogen) atoms. The van der Waals surface area contributed by atoms with E-state index in [1.54, 1.807) is 0 Å². The van der Waals surface area contributed by atoms with E-state index in [-0.39, 0.29) is 0 Å². The second-order valence-corrected chi connectivity index (χ2v) is 7.23. The molecule has 1 rings (SSSR count). The molecule has 0 aliphatic carbocycles. The van der Waals surface area contributed by atoms with Crippen molar-refractivity contribution in [2.75, 3.05) is 13.1 Å². The largest absolute Gasteiger partial charge is 0.356 e. The van der Waals surface area contributed by atoms with Gasteiger partial charge in [0.1, 0.15) is 6.17 Å². The molecule has 0 N–H and O–H groups in total. The van der Waals surface area contributed by atoms with E-state index in [1.165, 1.54) is 96.6 Å². The van der Waals surface area contributed by atoms with E-state index in [0.717, 1.165) is 0 Å². The molecule has 136 valence electrons. The Morgan fingerprint density at radius 2 is 1.00 bits per heavy atom. The number of hydrogen-bond acceptors (Lipinski definition) is 2. The van der Waals surface area contributed by atoms with Crippen molar-refractivity contribution in [3.63, 3.8) is 0 Å². The summed E-state index contributed by atoms with van der Waals surface area (Å²) in [4.78, 5) is 5.25. The van der Waals surface area contributed by atoms with Crippen LogP contribution in [0.4, 0.5) is 0 Å². The molecular formula is C21H42N2. The molecule has 0 radical (unpaired) electrons. The summed E-state index contributed by atoms with van der Waals surface area (Å²) in [6, 6.07) is 0. The minimum atomic E-state index is 0.648. The lowest BCUT2D eigenvalue weighted by Crippen LogP contribution is -2.39. The van der Waals surface area contributed by atoms with Crippen molar-refractivity contribution in [3.8, 4) is 0 Å². The predicted molar refractivity (Wildman–Crippen MR) is 103 cm³/mol. The summed E-state index contributed by atoms with van der Waals surface area (Å²) in [5.74, 6) is 0. The molecule has 0 spiro atoms. The smallest absolute Gasteiger partial charge is 0.101 e. The molecule has 1 aliphatic heterocycles. The van der Waals surface area contributed by atoms with Crippen LogP contribution in [0, 0.1) is 0 Å². The monoisotopic (exact) mass is 322 g/mol. The van der Waals surface area contributed by atoms with Crippen LogP contribution < -0.4 is 0 Å². The van der Waals surface area contributed by atoms with Gasteiger partial charge in [-0.05, 0) is 25.7 Å². The standard InChI is InChI=1S/C21H42N2/c1-4-7-10-13-16-21-22(17-14-11-8-5-2)19-20-23(21)18-15-12-9-6-3/h19-21H,4-18H2,1-3H3. The highest BCUT2D eigenvalue weighted by atomic mass is 15.4. The topological polar surface area (TPSA) is 6.48 Å². The van der Waals surface area contributed by atoms with Gasteiger partial charge in [-0.15, -0.1) is 0 Å². The second-order valence-electron chi connectivity index (χ2n) is 7.23. The third-order valence-electron chi connectivity index (χ3n) is 5.07. The highest BCUT2D eigenvalue weighted by Crippen LogP contribution is 2.23. The SMILES string of the molecule is CCCCCCC1N(CCCCCC)C=CN1CCCCCC. The van der Waals surface area contributed by atoms with Crippen LogP contribution in [0.2, 0.25) is 0 Å². The van der Waals surface area contributed by atoms with Gasteiger partial charge in [-0.2, -0.15) is 0 Å². The zero-order valence-corrected chi connectivity index (χ0v) is 16.2. The quantitative estimate of drug-likeness (QED) is 0.316. The fourth-order valence-corrected chi connectivity index (χ4v) is 3.54. The Balaban J connectivity index is 2.36. The van der Waals surface area contributed by atoms with E-state index < -0.39 is 0 Å². The maximum absolute atomic E-state index is 2.63. The van der Waals surface area contributed by atoms with Crippen LogP contribution >= 0.6 is 0 Å². The average Bonchev–Trinajstić information content (AvgIpc) is 2.94. The number of hydrogen-bond donors (Lipinski definition) is 0. The first kappa shape index (κ1) is 20.4. The Morgan fingerprint density at radius 3 is 1.43 bits per heavy atom. The summed E-state index contributed by atoms with van der Waals surface area (Å²) in [6.07, 6.45) is 23.2. The van der Waals surface area contributed by atoms with Crippen LogP contribution in [-0.2, 0) is 0 Å². The summed E-state index contributed by atoms with van der Waals surface area (Å²) in [6.45, 7) is 9.40. The van der Waals surface area contributed by atoms with E-state index in [0.29, 0.717) is 6.17 Å². The molecule has 0 amide bonds. The molecule has 2 nitrogen and oxygen atoms in total. The van der Waals surface area contributed by atoms with Crippen molar-refractivity contribution in [1.82, 2.24) is 9.80 Å². The average molecular weight is 323 g/mol. The molecule has 0 aromatic heterocycles. The summed E-state index contributed by atoms with van der Waals surface area (Å²) >= 11 is 0. The number of nitrogens with zero attached hydrogens (tertiary/aromatic N) is 2. The van der Waals surface area contributed by atoms with E-state index >= 15 is 0 Å². The van der Waals surface area contributed by atoms with Crippen LogP contribution in [-0.4, -0.2) is 29.1 Å². The fourth-order valence-electron chi connectivity index (χ4n) is 3.54. The third kappa shape index (κ3) is 8.67. The maximum atomic E-state index is 2.63. The lowest BCUT2D eigenvalue weighted by atomic mass is 10.1. The normalized spacial score (nSPS) is 15.1. The van der Waals surface area contributed by atoms with Gasteiger partial charge in [0.05, 0.1) is 0 Å². The summed E-state index contributed by atoms with van der Waals surface area (Å²) < 4.78 is 0. The lowest BCUT2D eigenvalue weighted by Gasteiger charge is -2.33. The Kier molecular flexibility index (Phi) is 12.2. The van der Waals surface area contributed by atoms with E-state index in [2.05, 4.69) is 43.0 Å². The van der Waals surface area contributed by atoms with Crippen molar-refractivity contribution in [3.05, 3.63) is 12.4 Å². The summed E-state index contributed by atoms with van der Waals surface area (Å²) in [5.41, 5.74) is 0. The Morgan fingerprint density at radius 1 is 0.565 bits per heavy atom. The minimum absolute atomic E-state index is 0.648. The van der Waals surface area contributed by atoms with Gasteiger partial charge < -0.3 is 9.80 Å². The van der Waals surface area contributed by atoms with Crippen LogP contribution in [0.3, 0.4) is 0 Å². The third-order valence-corrected chi connectivity index (χ3v) is 5.07. The minimum Gasteiger partial charge on any atom is -0.356 e. The molecule has 0 saturated heterocycles. The fraction of sp³-hybridized carbons (Fsp3) is 0.905. The van der Waals surface area contributed by atoms with Crippen molar-refractivity contribution >= 4 is 0 Å². The van der Waals surface area contributed by atoms with Gasteiger partial charge in [0, 0.05) is 25.5 Å². The Bertz CT molecular complexity index is 266. The first-order valence-corrected chi connectivity index (χ1v) is 10.5. The highest BCUT2D eigenvalue weighted by Gasteiger charge is 2.24. The summed E-state index contributed by atoms with van der Waals surface area (Å²) in [5, 5.41) is 0. The molecule has 0 unspecified atom stereocenters. The van der Waals surface area contributed by atoms with Gasteiger partial charge in [0.25, 0.3) is 0 Å². The van der Waals surface area contributed by atoms with Crippen molar-refractivity contribution < 1.29 is 0 Å². The van der Waals surface area contributed by atoms with Gasteiger partial charge in [0.15, 0.2) is 0 Å². The molecule has 0 fully saturated rings. The highest BCUT2D eigenvalue weighted by molar-refractivity contribution is 4.96.